The van der Waals surface area contributed by atoms with Gasteiger partial charge in [0.1, 0.15) is 17.9 Å². The van der Waals surface area contributed by atoms with Crippen LogP contribution in [0.25, 0.3) is 16.6 Å². The second kappa shape index (κ2) is 6.30. The lowest BCUT2D eigenvalue weighted by atomic mass is 10.1. The highest BCUT2D eigenvalue weighted by Crippen LogP contribution is 2.44. The monoisotopic (exact) mass is 341 g/mol. The third-order valence-corrected chi connectivity index (χ3v) is 4.76. The predicted molar refractivity (Wildman–Crippen MR) is 102 cm³/mol. The Bertz CT molecular complexity index is 1040. The summed E-state index contributed by atoms with van der Waals surface area (Å²) < 4.78 is 8.18. The average Bonchev–Trinajstić information content (AvgIpc) is 3.48. The maximum atomic E-state index is 6.16. The smallest absolute Gasteiger partial charge is 0.146 e. The molecule has 0 radical (unpaired) electrons. The van der Waals surface area contributed by atoms with Gasteiger partial charge in [-0.25, -0.2) is 4.68 Å². The summed E-state index contributed by atoms with van der Waals surface area (Å²) in [6.07, 6.45) is 4.23. The summed E-state index contributed by atoms with van der Waals surface area (Å²) in [5.41, 5.74) is 4.19. The molecule has 1 saturated carbocycles. The standard InChI is InChI=1S/C22H19N3O/c1-2-8-18(9-3-1)25-22-19(21(24-25)16-12-13-16)10-6-11-20(22)26-15-17-7-4-5-14-23-17/h1-11,14,16H,12-13,15H2. The molecule has 4 aromatic rings. The summed E-state index contributed by atoms with van der Waals surface area (Å²) >= 11 is 0. The van der Waals surface area contributed by atoms with E-state index >= 15 is 0 Å². The Hall–Kier alpha value is -3.14. The van der Waals surface area contributed by atoms with Crippen molar-refractivity contribution in [2.45, 2.75) is 25.4 Å². The minimum absolute atomic E-state index is 0.443. The van der Waals surface area contributed by atoms with Crippen LogP contribution < -0.4 is 4.74 Å². The molecular weight excluding hydrogens is 322 g/mol. The second-order valence-corrected chi connectivity index (χ2v) is 6.67. The van der Waals surface area contributed by atoms with Crippen molar-refractivity contribution in [1.82, 2.24) is 14.8 Å². The molecule has 1 aliphatic rings. The van der Waals surface area contributed by atoms with Crippen LogP contribution in [-0.2, 0) is 6.61 Å². The fraction of sp³-hybridized carbons (Fsp3) is 0.182. The first kappa shape index (κ1) is 15.1. The summed E-state index contributed by atoms with van der Waals surface area (Å²) in [5.74, 6) is 1.42. The van der Waals surface area contributed by atoms with Gasteiger partial charge in [-0.1, -0.05) is 36.4 Å². The molecule has 1 aliphatic carbocycles. The van der Waals surface area contributed by atoms with Crippen LogP contribution in [0.4, 0.5) is 0 Å². The molecule has 2 aromatic heterocycles. The van der Waals surface area contributed by atoms with E-state index in [0.717, 1.165) is 22.6 Å². The SMILES string of the molecule is c1ccc(-n2nc(C3CC3)c3cccc(OCc4ccccn4)c32)cc1. The lowest BCUT2D eigenvalue weighted by Crippen LogP contribution is -2.01. The van der Waals surface area contributed by atoms with Crippen LogP contribution in [0, 0.1) is 0 Å². The molecule has 0 spiro atoms. The van der Waals surface area contributed by atoms with Crippen molar-refractivity contribution in [3.05, 3.63) is 84.3 Å². The van der Waals surface area contributed by atoms with E-state index in [4.69, 9.17) is 9.84 Å². The Morgan fingerprint density at radius 1 is 0.923 bits per heavy atom. The Morgan fingerprint density at radius 2 is 1.77 bits per heavy atom. The van der Waals surface area contributed by atoms with E-state index in [0.29, 0.717) is 12.5 Å². The first-order chi connectivity index (χ1) is 12.9. The van der Waals surface area contributed by atoms with Gasteiger partial charge in [0.05, 0.1) is 17.1 Å². The lowest BCUT2D eigenvalue weighted by Gasteiger charge is -2.10. The predicted octanol–water partition coefficient (Wildman–Crippen LogP) is 4.88. The van der Waals surface area contributed by atoms with Crippen LogP contribution in [0.2, 0.25) is 0 Å². The van der Waals surface area contributed by atoms with Gasteiger partial charge in [0.25, 0.3) is 0 Å². The molecule has 5 rings (SSSR count). The molecule has 0 bridgehead atoms. The van der Waals surface area contributed by atoms with E-state index < -0.39 is 0 Å². The number of hydrogen-bond donors (Lipinski definition) is 0. The topological polar surface area (TPSA) is 39.9 Å². The van der Waals surface area contributed by atoms with E-state index in [1.807, 2.05) is 47.1 Å². The van der Waals surface area contributed by atoms with Gasteiger partial charge < -0.3 is 4.74 Å². The van der Waals surface area contributed by atoms with Crippen molar-refractivity contribution >= 4 is 10.9 Å². The number of rotatable bonds is 5. The van der Waals surface area contributed by atoms with Crippen molar-refractivity contribution in [3.8, 4) is 11.4 Å². The van der Waals surface area contributed by atoms with Gasteiger partial charge in [-0.15, -0.1) is 0 Å². The van der Waals surface area contributed by atoms with Gasteiger partial charge in [-0.2, -0.15) is 5.10 Å². The van der Waals surface area contributed by atoms with Crippen LogP contribution in [0.15, 0.2) is 72.9 Å². The number of pyridine rings is 1. The summed E-state index contributed by atoms with van der Waals surface area (Å²) in [7, 11) is 0. The second-order valence-electron chi connectivity index (χ2n) is 6.67. The number of benzene rings is 2. The van der Waals surface area contributed by atoms with Gasteiger partial charge in [-0.3, -0.25) is 4.98 Å². The van der Waals surface area contributed by atoms with Crippen molar-refractivity contribution < 1.29 is 4.74 Å². The van der Waals surface area contributed by atoms with Crippen LogP contribution >= 0.6 is 0 Å². The van der Waals surface area contributed by atoms with E-state index in [-0.39, 0.29) is 0 Å². The number of fused-ring (bicyclic) bond motifs is 1. The molecule has 4 nitrogen and oxygen atoms in total. The van der Waals surface area contributed by atoms with Gasteiger partial charge in [0.15, 0.2) is 0 Å². The van der Waals surface area contributed by atoms with E-state index in [9.17, 15) is 0 Å². The largest absolute Gasteiger partial charge is 0.485 e. The zero-order valence-corrected chi connectivity index (χ0v) is 14.4. The molecule has 26 heavy (non-hydrogen) atoms. The summed E-state index contributed by atoms with van der Waals surface area (Å²) in [6.45, 7) is 0.443. The zero-order valence-electron chi connectivity index (χ0n) is 14.4. The van der Waals surface area contributed by atoms with Gasteiger partial charge >= 0.3 is 0 Å². The summed E-state index contributed by atoms with van der Waals surface area (Å²) in [5, 5.41) is 6.15. The highest BCUT2D eigenvalue weighted by molar-refractivity contribution is 5.89. The molecule has 2 aromatic carbocycles. The Labute approximate surface area is 152 Å². The number of ether oxygens (including phenoxy) is 1. The lowest BCUT2D eigenvalue weighted by molar-refractivity contribution is 0.304. The van der Waals surface area contributed by atoms with Crippen molar-refractivity contribution in [3.63, 3.8) is 0 Å². The van der Waals surface area contributed by atoms with Crippen LogP contribution in [0.1, 0.15) is 30.1 Å². The summed E-state index contributed by atoms with van der Waals surface area (Å²) in [4.78, 5) is 4.35. The van der Waals surface area contributed by atoms with Crippen molar-refractivity contribution in [1.29, 1.82) is 0 Å². The maximum Gasteiger partial charge on any atom is 0.146 e. The van der Waals surface area contributed by atoms with E-state index in [2.05, 4.69) is 29.2 Å². The highest BCUT2D eigenvalue weighted by atomic mass is 16.5. The molecule has 4 heteroatoms. The molecule has 0 amide bonds. The Kier molecular flexibility index (Phi) is 3.67. The third-order valence-electron chi connectivity index (χ3n) is 4.76. The number of aromatic nitrogens is 3. The molecule has 128 valence electrons. The molecule has 0 atom stereocenters. The van der Waals surface area contributed by atoms with Crippen LogP contribution in [0.5, 0.6) is 5.75 Å². The minimum Gasteiger partial charge on any atom is -0.485 e. The number of hydrogen-bond acceptors (Lipinski definition) is 3. The molecule has 1 fully saturated rings. The molecule has 2 heterocycles. The minimum atomic E-state index is 0.443. The van der Waals surface area contributed by atoms with E-state index in [1.54, 1.807) is 6.20 Å². The average molecular weight is 341 g/mol. The highest BCUT2D eigenvalue weighted by Gasteiger charge is 2.30. The maximum absolute atomic E-state index is 6.16. The number of nitrogens with zero attached hydrogens (tertiary/aromatic N) is 3. The fourth-order valence-electron chi connectivity index (χ4n) is 3.33. The molecule has 0 N–H and O–H groups in total. The first-order valence-electron chi connectivity index (χ1n) is 9.00. The van der Waals surface area contributed by atoms with Crippen molar-refractivity contribution in [2.75, 3.05) is 0 Å². The molecule has 0 saturated heterocycles. The zero-order chi connectivity index (χ0) is 17.3. The molecule has 0 unspecified atom stereocenters. The normalized spacial score (nSPS) is 13.8. The third kappa shape index (κ3) is 2.73. The fourth-order valence-corrected chi connectivity index (χ4v) is 3.33. The molecule has 0 aliphatic heterocycles. The quantitative estimate of drug-likeness (QED) is 0.519. The van der Waals surface area contributed by atoms with Gasteiger partial charge in [-0.05, 0) is 43.2 Å². The van der Waals surface area contributed by atoms with Gasteiger partial charge in [0, 0.05) is 17.5 Å². The van der Waals surface area contributed by atoms with E-state index in [1.165, 1.54) is 23.9 Å². The summed E-state index contributed by atoms with van der Waals surface area (Å²) in [6, 6.07) is 22.4. The van der Waals surface area contributed by atoms with Crippen LogP contribution in [-0.4, -0.2) is 14.8 Å². The van der Waals surface area contributed by atoms with Crippen molar-refractivity contribution in [2.24, 2.45) is 0 Å². The number of para-hydroxylation sites is 2. The Balaban J connectivity index is 1.62. The van der Waals surface area contributed by atoms with Crippen LogP contribution in [0.3, 0.4) is 0 Å². The molecular formula is C22H19N3O. The van der Waals surface area contributed by atoms with Gasteiger partial charge in [0.2, 0.25) is 0 Å². The first-order valence-corrected chi connectivity index (χ1v) is 9.00. The Morgan fingerprint density at radius 3 is 2.54 bits per heavy atom.